The Morgan fingerprint density at radius 3 is 2.89 bits per heavy atom. The average Bonchev–Trinajstić information content (AvgIpc) is 2.42. The standard InChI is InChI=1S/C14H22BrN3/c1-2-3-6-13(18-10-8-16-9-11-18)12-5-4-7-17-14(12)15/h4-5,7,13,16H,2-3,6,8-11H2,1H3/t13-/m1/s1. The van der Waals surface area contributed by atoms with Crippen LogP contribution in [0.15, 0.2) is 22.9 Å². The van der Waals surface area contributed by atoms with Gasteiger partial charge in [-0.05, 0) is 28.4 Å². The molecular formula is C14H22BrN3. The number of hydrogen-bond donors (Lipinski definition) is 1. The van der Waals surface area contributed by atoms with Gasteiger partial charge in [-0.2, -0.15) is 0 Å². The van der Waals surface area contributed by atoms with Gasteiger partial charge in [0.15, 0.2) is 0 Å². The average molecular weight is 312 g/mol. The SMILES string of the molecule is CCCC[C@H](c1cccnc1Br)N1CCNCC1. The maximum absolute atomic E-state index is 4.38. The van der Waals surface area contributed by atoms with Gasteiger partial charge in [-0.15, -0.1) is 0 Å². The molecular weight excluding hydrogens is 290 g/mol. The summed E-state index contributed by atoms with van der Waals surface area (Å²) in [5.74, 6) is 0. The van der Waals surface area contributed by atoms with E-state index in [0.29, 0.717) is 6.04 Å². The minimum Gasteiger partial charge on any atom is -0.314 e. The second-order valence-electron chi connectivity index (χ2n) is 4.83. The third-order valence-corrected chi connectivity index (χ3v) is 4.23. The third-order valence-electron chi connectivity index (χ3n) is 3.57. The van der Waals surface area contributed by atoms with E-state index in [1.165, 1.54) is 24.8 Å². The Bertz CT molecular complexity index is 364. The molecule has 1 fully saturated rings. The van der Waals surface area contributed by atoms with Crippen LogP contribution in [0.2, 0.25) is 0 Å². The fourth-order valence-corrected chi connectivity index (χ4v) is 3.09. The van der Waals surface area contributed by atoms with Crippen LogP contribution in [0.3, 0.4) is 0 Å². The fraction of sp³-hybridized carbons (Fsp3) is 0.643. The van der Waals surface area contributed by atoms with Crippen LogP contribution < -0.4 is 5.32 Å². The summed E-state index contributed by atoms with van der Waals surface area (Å²) in [6.07, 6.45) is 5.60. The van der Waals surface area contributed by atoms with Crippen molar-refractivity contribution in [2.45, 2.75) is 32.2 Å². The number of hydrogen-bond acceptors (Lipinski definition) is 3. The van der Waals surface area contributed by atoms with Gasteiger partial charge in [0.1, 0.15) is 4.60 Å². The highest BCUT2D eigenvalue weighted by molar-refractivity contribution is 9.10. The highest BCUT2D eigenvalue weighted by Crippen LogP contribution is 2.30. The molecule has 0 spiro atoms. The van der Waals surface area contributed by atoms with Gasteiger partial charge in [-0.25, -0.2) is 4.98 Å². The Morgan fingerprint density at radius 2 is 2.22 bits per heavy atom. The number of halogens is 1. The van der Waals surface area contributed by atoms with Gasteiger partial charge >= 0.3 is 0 Å². The summed E-state index contributed by atoms with van der Waals surface area (Å²) in [6, 6.07) is 4.76. The Hall–Kier alpha value is -0.450. The second-order valence-corrected chi connectivity index (χ2v) is 5.58. The Morgan fingerprint density at radius 1 is 1.44 bits per heavy atom. The van der Waals surface area contributed by atoms with Gasteiger partial charge in [0.2, 0.25) is 0 Å². The molecule has 0 bridgehead atoms. The number of rotatable bonds is 5. The Kier molecular flexibility index (Phi) is 5.60. The number of aromatic nitrogens is 1. The minimum absolute atomic E-state index is 0.509. The first kappa shape index (κ1) is 14.0. The molecule has 0 aliphatic carbocycles. The molecule has 0 amide bonds. The van der Waals surface area contributed by atoms with Crippen molar-refractivity contribution in [3.63, 3.8) is 0 Å². The summed E-state index contributed by atoms with van der Waals surface area (Å²) in [5.41, 5.74) is 1.34. The summed E-state index contributed by atoms with van der Waals surface area (Å²) in [6.45, 7) is 6.72. The molecule has 1 aliphatic rings. The topological polar surface area (TPSA) is 28.2 Å². The zero-order valence-corrected chi connectivity index (χ0v) is 12.6. The van der Waals surface area contributed by atoms with Gasteiger partial charge in [0.25, 0.3) is 0 Å². The highest BCUT2D eigenvalue weighted by atomic mass is 79.9. The first-order valence-electron chi connectivity index (χ1n) is 6.88. The van der Waals surface area contributed by atoms with Crippen molar-refractivity contribution in [3.8, 4) is 0 Å². The predicted molar refractivity (Wildman–Crippen MR) is 78.6 cm³/mol. The lowest BCUT2D eigenvalue weighted by Gasteiger charge is -2.35. The number of pyridine rings is 1. The van der Waals surface area contributed by atoms with Crippen LogP contribution in [-0.2, 0) is 0 Å². The number of nitrogens with zero attached hydrogens (tertiary/aromatic N) is 2. The minimum atomic E-state index is 0.509. The predicted octanol–water partition coefficient (Wildman–Crippen LogP) is 2.98. The van der Waals surface area contributed by atoms with Gasteiger partial charge in [0, 0.05) is 44.0 Å². The third kappa shape index (κ3) is 3.53. The highest BCUT2D eigenvalue weighted by Gasteiger charge is 2.23. The lowest BCUT2D eigenvalue weighted by molar-refractivity contribution is 0.162. The first-order chi connectivity index (χ1) is 8.83. The Labute approximate surface area is 118 Å². The molecule has 3 nitrogen and oxygen atoms in total. The summed E-state index contributed by atoms with van der Waals surface area (Å²) >= 11 is 3.60. The van der Waals surface area contributed by atoms with Crippen LogP contribution in [0.1, 0.15) is 37.8 Å². The van der Waals surface area contributed by atoms with Crippen molar-refractivity contribution in [3.05, 3.63) is 28.5 Å². The molecule has 1 aliphatic heterocycles. The Balaban J connectivity index is 2.15. The maximum atomic E-state index is 4.38. The molecule has 4 heteroatoms. The van der Waals surface area contributed by atoms with Crippen LogP contribution >= 0.6 is 15.9 Å². The number of nitrogens with one attached hydrogen (secondary N) is 1. The van der Waals surface area contributed by atoms with Crippen LogP contribution in [0.25, 0.3) is 0 Å². The number of unbranched alkanes of at least 4 members (excludes halogenated alkanes) is 1. The summed E-state index contributed by atoms with van der Waals surface area (Å²) in [7, 11) is 0. The monoisotopic (exact) mass is 311 g/mol. The molecule has 0 aromatic carbocycles. The van der Waals surface area contributed by atoms with E-state index in [1.807, 2.05) is 12.3 Å². The van der Waals surface area contributed by atoms with E-state index in [2.05, 4.69) is 44.1 Å². The van der Waals surface area contributed by atoms with Crippen LogP contribution in [0.5, 0.6) is 0 Å². The van der Waals surface area contributed by atoms with E-state index in [1.54, 1.807) is 0 Å². The summed E-state index contributed by atoms with van der Waals surface area (Å²) < 4.78 is 1.00. The normalized spacial score (nSPS) is 18.8. The van der Waals surface area contributed by atoms with E-state index in [4.69, 9.17) is 0 Å². The van der Waals surface area contributed by atoms with Crippen molar-refractivity contribution >= 4 is 15.9 Å². The van der Waals surface area contributed by atoms with Crippen molar-refractivity contribution in [1.29, 1.82) is 0 Å². The number of piperazine rings is 1. The van der Waals surface area contributed by atoms with Gasteiger partial charge in [-0.3, -0.25) is 4.90 Å². The van der Waals surface area contributed by atoms with Gasteiger partial charge in [0.05, 0.1) is 0 Å². The van der Waals surface area contributed by atoms with Crippen LogP contribution in [0, 0.1) is 0 Å². The molecule has 1 aromatic rings. The van der Waals surface area contributed by atoms with E-state index < -0.39 is 0 Å². The molecule has 1 atom stereocenters. The van der Waals surface area contributed by atoms with Crippen molar-refractivity contribution in [1.82, 2.24) is 15.2 Å². The van der Waals surface area contributed by atoms with Crippen molar-refractivity contribution in [2.24, 2.45) is 0 Å². The van der Waals surface area contributed by atoms with Crippen LogP contribution in [-0.4, -0.2) is 36.1 Å². The fourth-order valence-electron chi connectivity index (χ4n) is 2.57. The lowest BCUT2D eigenvalue weighted by Crippen LogP contribution is -2.45. The van der Waals surface area contributed by atoms with Crippen LogP contribution in [0.4, 0.5) is 0 Å². The molecule has 1 saturated heterocycles. The summed E-state index contributed by atoms with van der Waals surface area (Å²) in [4.78, 5) is 6.97. The van der Waals surface area contributed by atoms with E-state index >= 15 is 0 Å². The zero-order valence-electron chi connectivity index (χ0n) is 11.0. The molecule has 2 heterocycles. The second kappa shape index (κ2) is 7.22. The molecule has 0 unspecified atom stereocenters. The lowest BCUT2D eigenvalue weighted by atomic mass is 10.0. The van der Waals surface area contributed by atoms with Gasteiger partial charge in [-0.1, -0.05) is 25.8 Å². The molecule has 18 heavy (non-hydrogen) atoms. The molecule has 0 saturated carbocycles. The quantitative estimate of drug-likeness (QED) is 0.847. The van der Waals surface area contributed by atoms with Gasteiger partial charge < -0.3 is 5.32 Å². The van der Waals surface area contributed by atoms with E-state index in [9.17, 15) is 0 Å². The smallest absolute Gasteiger partial charge is 0.110 e. The molecule has 2 rings (SSSR count). The maximum Gasteiger partial charge on any atom is 0.110 e. The van der Waals surface area contributed by atoms with E-state index in [0.717, 1.165) is 30.8 Å². The summed E-state index contributed by atoms with van der Waals surface area (Å²) in [5, 5.41) is 3.42. The molecule has 100 valence electrons. The first-order valence-corrected chi connectivity index (χ1v) is 7.67. The molecule has 1 aromatic heterocycles. The zero-order chi connectivity index (χ0) is 12.8. The van der Waals surface area contributed by atoms with Crippen molar-refractivity contribution < 1.29 is 0 Å². The largest absolute Gasteiger partial charge is 0.314 e. The van der Waals surface area contributed by atoms with Crippen molar-refractivity contribution in [2.75, 3.05) is 26.2 Å². The molecule has 1 N–H and O–H groups in total. The van der Waals surface area contributed by atoms with E-state index in [-0.39, 0.29) is 0 Å². The molecule has 0 radical (unpaired) electrons.